The fourth-order valence-electron chi connectivity index (χ4n) is 3.23. The lowest BCUT2D eigenvalue weighted by Gasteiger charge is -2.35. The van der Waals surface area contributed by atoms with Crippen molar-refractivity contribution in [1.82, 2.24) is 24.9 Å². The molecule has 0 amide bonds. The molecule has 9 heteroatoms. The van der Waals surface area contributed by atoms with Gasteiger partial charge in [0.1, 0.15) is 6.10 Å². The number of nitrogens with zero attached hydrogens (tertiary/aromatic N) is 5. The number of hydrogen-bond acceptors (Lipinski definition) is 5. The minimum absolute atomic E-state index is 0. The molecular formula is C18H29IN6OS. The highest BCUT2D eigenvalue weighted by Gasteiger charge is 2.25. The van der Waals surface area contributed by atoms with Gasteiger partial charge < -0.3 is 19.9 Å². The Kier molecular flexibility index (Phi) is 8.52. The summed E-state index contributed by atoms with van der Waals surface area (Å²) in [5.74, 6) is 0.921. The van der Waals surface area contributed by atoms with Crippen LogP contribution in [0.5, 0.6) is 0 Å². The number of aryl methyl sites for hydroxylation is 1. The predicted octanol–water partition coefficient (Wildman–Crippen LogP) is 2.35. The average molecular weight is 504 g/mol. The molecule has 0 radical (unpaired) electrons. The maximum atomic E-state index is 5.94. The molecule has 2 unspecified atom stereocenters. The number of aromatic nitrogens is 2. The number of nitrogens with one attached hydrogen (secondary N) is 1. The summed E-state index contributed by atoms with van der Waals surface area (Å²) in [7, 11) is 7.99. The zero-order valence-corrected chi connectivity index (χ0v) is 19.5. The smallest absolute Gasteiger partial charge is 0.193 e. The Labute approximate surface area is 182 Å². The van der Waals surface area contributed by atoms with Crippen LogP contribution in [0.15, 0.2) is 34.2 Å². The molecule has 150 valence electrons. The topological polar surface area (TPSA) is 57.9 Å². The zero-order valence-electron chi connectivity index (χ0n) is 16.3. The van der Waals surface area contributed by atoms with Gasteiger partial charge in [-0.25, -0.2) is 0 Å². The van der Waals surface area contributed by atoms with Crippen molar-refractivity contribution in [1.29, 1.82) is 0 Å². The molecule has 3 heterocycles. The number of hydrogen-bond donors (Lipinski definition) is 1. The Morgan fingerprint density at radius 2 is 2.33 bits per heavy atom. The molecule has 27 heavy (non-hydrogen) atoms. The lowest BCUT2D eigenvalue weighted by atomic mass is 10.1. The lowest BCUT2D eigenvalue weighted by molar-refractivity contribution is -0.00811. The van der Waals surface area contributed by atoms with Crippen molar-refractivity contribution in [3.8, 4) is 0 Å². The van der Waals surface area contributed by atoms with Crippen molar-refractivity contribution in [3.05, 3.63) is 40.3 Å². The third-order valence-corrected chi connectivity index (χ3v) is 5.38. The van der Waals surface area contributed by atoms with Gasteiger partial charge in [-0.15, -0.1) is 24.0 Å². The fraction of sp³-hybridized carbons (Fsp3) is 0.556. The van der Waals surface area contributed by atoms with Crippen LogP contribution in [0.4, 0.5) is 0 Å². The van der Waals surface area contributed by atoms with Gasteiger partial charge in [-0.2, -0.15) is 16.4 Å². The van der Waals surface area contributed by atoms with Gasteiger partial charge in [-0.05, 0) is 36.5 Å². The Morgan fingerprint density at radius 3 is 2.93 bits per heavy atom. The highest BCUT2D eigenvalue weighted by Crippen LogP contribution is 2.23. The van der Waals surface area contributed by atoms with E-state index in [1.165, 1.54) is 5.56 Å². The largest absolute Gasteiger partial charge is 0.370 e. The molecule has 0 saturated carbocycles. The van der Waals surface area contributed by atoms with Crippen molar-refractivity contribution >= 4 is 41.3 Å². The molecule has 2 aromatic rings. The molecule has 1 aliphatic heterocycles. The lowest BCUT2D eigenvalue weighted by Crippen LogP contribution is -2.49. The van der Waals surface area contributed by atoms with Gasteiger partial charge >= 0.3 is 0 Å². The predicted molar refractivity (Wildman–Crippen MR) is 121 cm³/mol. The van der Waals surface area contributed by atoms with Crippen LogP contribution in [0.1, 0.15) is 23.3 Å². The van der Waals surface area contributed by atoms with Gasteiger partial charge in [0.15, 0.2) is 5.96 Å². The van der Waals surface area contributed by atoms with E-state index in [4.69, 9.17) is 4.74 Å². The van der Waals surface area contributed by atoms with Crippen LogP contribution in [0.3, 0.4) is 0 Å². The van der Waals surface area contributed by atoms with Crippen LogP contribution in [-0.2, 0) is 11.8 Å². The quantitative estimate of drug-likeness (QED) is 0.385. The monoisotopic (exact) mass is 504 g/mol. The Balaban J connectivity index is 0.00000261. The summed E-state index contributed by atoms with van der Waals surface area (Å²) in [4.78, 5) is 9.00. The molecule has 0 spiro atoms. The number of guanidine groups is 1. The molecule has 1 fully saturated rings. The minimum atomic E-state index is 0. The number of halogens is 1. The molecule has 1 aliphatic rings. The molecule has 2 aromatic heterocycles. The van der Waals surface area contributed by atoms with E-state index in [-0.39, 0.29) is 30.1 Å². The van der Waals surface area contributed by atoms with Gasteiger partial charge in [-0.1, -0.05) is 0 Å². The van der Waals surface area contributed by atoms with Gasteiger partial charge in [0.2, 0.25) is 0 Å². The van der Waals surface area contributed by atoms with Crippen LogP contribution in [0.2, 0.25) is 0 Å². The summed E-state index contributed by atoms with van der Waals surface area (Å²) in [6.07, 6.45) is 3.92. The molecule has 7 nitrogen and oxygen atoms in total. The van der Waals surface area contributed by atoms with E-state index < -0.39 is 0 Å². The number of ether oxygens (including phenoxy) is 1. The maximum absolute atomic E-state index is 5.94. The van der Waals surface area contributed by atoms with E-state index in [9.17, 15) is 0 Å². The van der Waals surface area contributed by atoms with Gasteiger partial charge in [0, 0.05) is 38.9 Å². The molecule has 3 rings (SSSR count). The first-order valence-corrected chi connectivity index (χ1v) is 9.77. The van der Waals surface area contributed by atoms with Crippen molar-refractivity contribution in [3.63, 3.8) is 0 Å². The second-order valence-electron chi connectivity index (χ2n) is 6.72. The molecule has 2 atom stereocenters. The van der Waals surface area contributed by atoms with Crippen molar-refractivity contribution in [2.75, 3.05) is 47.4 Å². The second-order valence-corrected chi connectivity index (χ2v) is 7.50. The molecule has 0 bridgehead atoms. The number of rotatable bonds is 5. The van der Waals surface area contributed by atoms with Gasteiger partial charge in [-0.3, -0.25) is 9.67 Å². The summed E-state index contributed by atoms with van der Waals surface area (Å²) in [5, 5.41) is 12.1. The van der Waals surface area contributed by atoms with Gasteiger partial charge in [0.05, 0.1) is 25.4 Å². The van der Waals surface area contributed by atoms with Crippen molar-refractivity contribution in [2.24, 2.45) is 12.0 Å². The van der Waals surface area contributed by atoms with E-state index in [2.05, 4.69) is 56.1 Å². The molecule has 1 saturated heterocycles. The molecular weight excluding hydrogens is 475 g/mol. The van der Waals surface area contributed by atoms with E-state index in [1.807, 2.05) is 31.2 Å². The van der Waals surface area contributed by atoms with E-state index >= 15 is 0 Å². The summed E-state index contributed by atoms with van der Waals surface area (Å²) >= 11 is 1.73. The fourth-order valence-corrected chi connectivity index (χ4v) is 3.94. The van der Waals surface area contributed by atoms with Crippen molar-refractivity contribution in [2.45, 2.75) is 12.1 Å². The molecule has 1 N–H and O–H groups in total. The van der Waals surface area contributed by atoms with Crippen LogP contribution in [0, 0.1) is 0 Å². The zero-order chi connectivity index (χ0) is 18.5. The third kappa shape index (κ3) is 5.66. The summed E-state index contributed by atoms with van der Waals surface area (Å²) in [6, 6.07) is 2.50. The first kappa shape index (κ1) is 22.1. The highest BCUT2D eigenvalue weighted by atomic mass is 127. The SMILES string of the molecule is CN=C(NCC(c1ccsc1)N(C)C)N1CCOC(c2cnn(C)c2)C1.I. The Morgan fingerprint density at radius 1 is 1.52 bits per heavy atom. The average Bonchev–Trinajstić information content (AvgIpc) is 3.30. The molecule has 0 aromatic carbocycles. The second kappa shape index (κ2) is 10.4. The third-order valence-electron chi connectivity index (χ3n) is 4.68. The Hall–Kier alpha value is -1.17. The summed E-state index contributed by atoms with van der Waals surface area (Å²) in [6.45, 7) is 3.10. The first-order valence-electron chi connectivity index (χ1n) is 8.82. The normalized spacial score (nSPS) is 19.1. The minimum Gasteiger partial charge on any atom is -0.370 e. The van der Waals surface area contributed by atoms with Crippen LogP contribution in [0.25, 0.3) is 0 Å². The number of likely N-dealkylation sites (N-methyl/N-ethyl adjacent to an activating group) is 1. The standard InChI is InChI=1S/C18H28N6OS.HI/c1-19-18(20-10-16(22(2)3)14-5-8-26-13-14)24-6-7-25-17(12-24)15-9-21-23(4)11-15;/h5,8-9,11,13,16-17H,6-7,10,12H2,1-4H3,(H,19,20);1H. The maximum Gasteiger partial charge on any atom is 0.193 e. The number of thiophene rings is 1. The number of aliphatic imine (C=N–C) groups is 1. The molecule has 0 aliphatic carbocycles. The first-order chi connectivity index (χ1) is 12.6. The van der Waals surface area contributed by atoms with Crippen LogP contribution >= 0.6 is 35.3 Å². The summed E-state index contributed by atoms with van der Waals surface area (Å²) in [5.41, 5.74) is 2.44. The van der Waals surface area contributed by atoms with E-state index in [1.54, 1.807) is 11.3 Å². The Bertz CT molecular complexity index is 717. The summed E-state index contributed by atoms with van der Waals surface area (Å²) < 4.78 is 7.75. The van der Waals surface area contributed by atoms with Crippen molar-refractivity contribution < 1.29 is 4.74 Å². The van der Waals surface area contributed by atoms with Gasteiger partial charge in [0.25, 0.3) is 0 Å². The van der Waals surface area contributed by atoms with Crippen LogP contribution in [-0.4, -0.2) is 72.9 Å². The highest BCUT2D eigenvalue weighted by molar-refractivity contribution is 14.0. The number of morpholine rings is 1. The van der Waals surface area contributed by atoms with E-state index in [0.717, 1.165) is 31.2 Å². The van der Waals surface area contributed by atoms with E-state index in [0.29, 0.717) is 12.6 Å². The van der Waals surface area contributed by atoms with Crippen LogP contribution < -0.4 is 5.32 Å².